The first-order chi connectivity index (χ1) is 17.4. The van der Waals surface area contributed by atoms with Crippen molar-refractivity contribution in [3.8, 4) is 5.75 Å². The van der Waals surface area contributed by atoms with Crippen LogP contribution < -0.4 is 25.6 Å². The van der Waals surface area contributed by atoms with Crippen molar-refractivity contribution >= 4 is 40.9 Å². The zero-order valence-electron chi connectivity index (χ0n) is 20.6. The zero-order valence-corrected chi connectivity index (χ0v) is 21.3. The van der Waals surface area contributed by atoms with Crippen molar-refractivity contribution in [1.29, 1.82) is 0 Å². The van der Waals surface area contributed by atoms with E-state index in [9.17, 15) is 9.59 Å². The van der Waals surface area contributed by atoms with Crippen LogP contribution in [0.5, 0.6) is 5.75 Å². The molecule has 0 spiro atoms. The van der Waals surface area contributed by atoms with Crippen LogP contribution in [0.25, 0.3) is 0 Å². The van der Waals surface area contributed by atoms with E-state index < -0.39 is 0 Å². The summed E-state index contributed by atoms with van der Waals surface area (Å²) in [4.78, 5) is 37.6. The van der Waals surface area contributed by atoms with Gasteiger partial charge < -0.3 is 30.5 Å². The van der Waals surface area contributed by atoms with Crippen molar-refractivity contribution in [3.63, 3.8) is 0 Å². The molecule has 3 heterocycles. The van der Waals surface area contributed by atoms with Crippen molar-refractivity contribution in [1.82, 2.24) is 25.5 Å². The minimum absolute atomic E-state index is 0.00811. The topological polar surface area (TPSA) is 112 Å². The predicted molar refractivity (Wildman–Crippen MR) is 140 cm³/mol. The molecular weight excluding hydrogens is 482 g/mol. The van der Waals surface area contributed by atoms with E-state index in [0.717, 1.165) is 32.4 Å². The third kappa shape index (κ3) is 6.24. The molecule has 2 aliphatic rings. The monoisotopic (exact) mass is 513 g/mol. The number of benzene rings is 1. The molecule has 1 aromatic heterocycles. The number of likely N-dealkylation sites (tertiary alicyclic amines) is 1. The first-order valence-corrected chi connectivity index (χ1v) is 12.4. The molecule has 1 atom stereocenters. The maximum absolute atomic E-state index is 12.8. The third-order valence-corrected chi connectivity index (χ3v) is 6.78. The maximum Gasteiger partial charge on any atom is 0.251 e. The molecule has 3 N–H and O–H groups in total. The van der Waals surface area contributed by atoms with E-state index in [-0.39, 0.29) is 23.9 Å². The minimum atomic E-state index is -0.200. The lowest BCUT2D eigenvalue weighted by Crippen LogP contribution is -2.43. The van der Waals surface area contributed by atoms with Crippen LogP contribution in [0.2, 0.25) is 5.02 Å². The van der Waals surface area contributed by atoms with Gasteiger partial charge in [0.1, 0.15) is 10.8 Å². The second-order valence-electron chi connectivity index (χ2n) is 9.10. The molecule has 11 heteroatoms. The molecule has 0 aliphatic carbocycles. The molecule has 10 nitrogen and oxygen atoms in total. The van der Waals surface area contributed by atoms with Crippen LogP contribution in [0.4, 0.5) is 17.5 Å². The summed E-state index contributed by atoms with van der Waals surface area (Å²) in [6.45, 7) is 6.72. The Hall–Kier alpha value is -3.37. The number of aromatic nitrogens is 2. The molecule has 2 aromatic rings. The summed E-state index contributed by atoms with van der Waals surface area (Å²) in [5.74, 6) is 1.10. The lowest BCUT2D eigenvalue weighted by Gasteiger charge is -2.29. The van der Waals surface area contributed by atoms with E-state index in [0.29, 0.717) is 46.9 Å². The highest BCUT2D eigenvalue weighted by molar-refractivity contribution is 6.32. The van der Waals surface area contributed by atoms with Gasteiger partial charge in [-0.25, -0.2) is 4.98 Å². The number of methoxy groups -OCH3 is 1. The number of nitrogens with one attached hydrogen (secondary N) is 3. The van der Waals surface area contributed by atoms with Gasteiger partial charge in [0.05, 0.1) is 19.0 Å². The number of nitrogens with zero attached hydrogens (tertiary/aromatic N) is 4. The molecule has 192 valence electrons. The van der Waals surface area contributed by atoms with Crippen LogP contribution >= 0.6 is 11.6 Å². The van der Waals surface area contributed by atoms with E-state index in [1.54, 1.807) is 25.3 Å². The molecule has 2 fully saturated rings. The fourth-order valence-electron chi connectivity index (χ4n) is 4.45. The van der Waals surface area contributed by atoms with Crippen LogP contribution in [0.1, 0.15) is 29.6 Å². The van der Waals surface area contributed by atoms with Gasteiger partial charge in [0, 0.05) is 30.7 Å². The molecule has 0 bridgehead atoms. The number of anilines is 3. The zero-order chi connectivity index (χ0) is 25.7. The molecule has 0 radical (unpaired) electrons. The highest BCUT2D eigenvalue weighted by Crippen LogP contribution is 2.31. The van der Waals surface area contributed by atoms with Crippen LogP contribution in [0.15, 0.2) is 37.1 Å². The van der Waals surface area contributed by atoms with Crippen LogP contribution in [0, 0.1) is 0 Å². The first-order valence-electron chi connectivity index (χ1n) is 12.0. The Kier molecular flexibility index (Phi) is 8.27. The van der Waals surface area contributed by atoms with Gasteiger partial charge in [0.15, 0.2) is 5.82 Å². The summed E-state index contributed by atoms with van der Waals surface area (Å²) in [7, 11) is 3.64. The molecule has 0 saturated carbocycles. The highest BCUT2D eigenvalue weighted by atomic mass is 35.5. The number of carbonyl (C=O) groups excluding carboxylic acids is 2. The fourth-order valence-corrected chi connectivity index (χ4v) is 4.66. The Labute approximate surface area is 216 Å². The second-order valence-corrected chi connectivity index (χ2v) is 9.51. The number of amides is 2. The van der Waals surface area contributed by atoms with E-state index in [4.69, 9.17) is 16.3 Å². The number of piperidine rings is 1. The SMILES string of the molecule is C=CC(=O)N[C@@H]1CCN(c2nc(Nc3ccc(C(=O)NC4CCN(C)CC4)cc3OC)ncc2Cl)C1. The Bertz CT molecular complexity index is 1120. The molecule has 4 rings (SSSR count). The molecule has 2 amide bonds. The molecule has 2 aliphatic heterocycles. The molecule has 0 unspecified atom stereocenters. The maximum atomic E-state index is 12.8. The number of carbonyl (C=O) groups is 2. The lowest BCUT2D eigenvalue weighted by molar-refractivity contribution is -0.117. The average molecular weight is 514 g/mol. The van der Waals surface area contributed by atoms with Gasteiger partial charge in [-0.2, -0.15) is 4.98 Å². The van der Waals surface area contributed by atoms with Crippen molar-refractivity contribution in [2.75, 3.05) is 50.6 Å². The minimum Gasteiger partial charge on any atom is -0.495 e. The normalized spacial score (nSPS) is 18.5. The molecular formula is C25H32ClN7O3. The van der Waals surface area contributed by atoms with E-state index >= 15 is 0 Å². The summed E-state index contributed by atoms with van der Waals surface area (Å²) >= 11 is 6.39. The third-order valence-electron chi connectivity index (χ3n) is 6.51. The quantitative estimate of drug-likeness (QED) is 0.462. The van der Waals surface area contributed by atoms with Crippen molar-refractivity contribution in [2.24, 2.45) is 0 Å². The van der Waals surface area contributed by atoms with E-state index in [1.165, 1.54) is 12.3 Å². The highest BCUT2D eigenvalue weighted by Gasteiger charge is 2.26. The number of rotatable bonds is 8. The molecule has 36 heavy (non-hydrogen) atoms. The number of hydrogen-bond donors (Lipinski definition) is 3. The Morgan fingerprint density at radius 1 is 1.17 bits per heavy atom. The van der Waals surface area contributed by atoms with Crippen molar-refractivity contribution in [3.05, 3.63) is 47.6 Å². The van der Waals surface area contributed by atoms with Crippen molar-refractivity contribution in [2.45, 2.75) is 31.3 Å². The summed E-state index contributed by atoms with van der Waals surface area (Å²) in [5.41, 5.74) is 1.15. The van der Waals surface area contributed by atoms with E-state index in [2.05, 4.69) is 44.4 Å². The first kappa shape index (κ1) is 25.7. The summed E-state index contributed by atoms with van der Waals surface area (Å²) < 4.78 is 5.54. The van der Waals surface area contributed by atoms with Gasteiger partial charge in [-0.15, -0.1) is 0 Å². The Morgan fingerprint density at radius 2 is 1.92 bits per heavy atom. The van der Waals surface area contributed by atoms with Gasteiger partial charge in [0.2, 0.25) is 11.9 Å². The summed E-state index contributed by atoms with van der Waals surface area (Å²) in [6.07, 6.45) is 5.45. The predicted octanol–water partition coefficient (Wildman–Crippen LogP) is 2.59. The summed E-state index contributed by atoms with van der Waals surface area (Å²) in [5, 5.41) is 9.62. The average Bonchev–Trinajstić information content (AvgIpc) is 3.34. The lowest BCUT2D eigenvalue weighted by atomic mass is 10.0. The molecule has 2 saturated heterocycles. The van der Waals surface area contributed by atoms with Crippen LogP contribution in [0.3, 0.4) is 0 Å². The van der Waals surface area contributed by atoms with Gasteiger partial charge >= 0.3 is 0 Å². The number of halogens is 1. The van der Waals surface area contributed by atoms with Crippen molar-refractivity contribution < 1.29 is 14.3 Å². The fraction of sp³-hybridized carbons (Fsp3) is 0.440. The second kappa shape index (κ2) is 11.6. The Morgan fingerprint density at radius 3 is 2.64 bits per heavy atom. The van der Waals surface area contributed by atoms with Gasteiger partial charge in [-0.3, -0.25) is 9.59 Å². The number of ether oxygens (including phenoxy) is 1. The molecule has 1 aromatic carbocycles. The largest absolute Gasteiger partial charge is 0.495 e. The van der Waals surface area contributed by atoms with Crippen LogP contribution in [-0.2, 0) is 4.79 Å². The van der Waals surface area contributed by atoms with Gasteiger partial charge in [0.25, 0.3) is 5.91 Å². The van der Waals surface area contributed by atoms with E-state index in [1.807, 2.05) is 4.90 Å². The standard InChI is InChI=1S/C25H32ClN7O3/c1-4-22(34)28-18-9-12-33(15-18)23-19(26)14-27-25(31-23)30-20-6-5-16(13-21(20)36-3)24(35)29-17-7-10-32(2)11-8-17/h4-6,13-14,17-18H,1,7-12,15H2,2-3H3,(H,28,34)(H,29,35)(H,27,30,31)/t18-/m1/s1. The van der Waals surface area contributed by atoms with Gasteiger partial charge in [-0.05, 0) is 63.7 Å². The smallest absolute Gasteiger partial charge is 0.251 e. The summed E-state index contributed by atoms with van der Waals surface area (Å²) in [6, 6.07) is 5.40. The van der Waals surface area contributed by atoms with Gasteiger partial charge in [-0.1, -0.05) is 18.2 Å². The van der Waals surface area contributed by atoms with Crippen LogP contribution in [-0.4, -0.2) is 79.1 Å². The number of hydrogen-bond acceptors (Lipinski definition) is 8. The Balaban J connectivity index is 1.44.